The molecule has 0 unspecified atom stereocenters. The van der Waals surface area contributed by atoms with Crippen molar-refractivity contribution < 1.29 is 37.9 Å². The van der Waals surface area contributed by atoms with Crippen LogP contribution in [0, 0.1) is 0 Å². The highest BCUT2D eigenvalue weighted by molar-refractivity contribution is 7.46. The molecule has 0 saturated carbocycles. The molecule has 0 aliphatic carbocycles. The summed E-state index contributed by atoms with van der Waals surface area (Å²) in [6.07, 6.45) is 45.5. The van der Waals surface area contributed by atoms with E-state index in [1.54, 1.807) is 0 Å². The smallest absolute Gasteiger partial charge is 0.462 e. The highest BCUT2D eigenvalue weighted by atomic mass is 31.2. The molecule has 0 aliphatic rings. The molecular weight excluding hydrogens is 663 g/mol. The van der Waals surface area contributed by atoms with E-state index in [-0.39, 0.29) is 19.4 Å². The lowest BCUT2D eigenvalue weighted by Gasteiger charge is -2.18. The van der Waals surface area contributed by atoms with Crippen molar-refractivity contribution >= 4 is 19.8 Å². The maximum Gasteiger partial charge on any atom is 0.469 e. The molecule has 2 N–H and O–H groups in total. The number of hydrogen-bond acceptors (Lipinski definition) is 6. The third kappa shape index (κ3) is 40.6. The van der Waals surface area contributed by atoms with Gasteiger partial charge in [-0.15, -0.1) is 0 Å². The number of unbranched alkanes of at least 4 members (excludes halogenated alkanes) is 19. The third-order valence-electron chi connectivity index (χ3n) is 8.61. The highest BCUT2D eigenvalue weighted by Gasteiger charge is 2.22. The van der Waals surface area contributed by atoms with Crippen molar-refractivity contribution in [3.63, 3.8) is 0 Å². The van der Waals surface area contributed by atoms with Gasteiger partial charge >= 0.3 is 19.8 Å². The normalized spacial score (nSPS) is 12.9. The van der Waals surface area contributed by atoms with Crippen LogP contribution in [0.2, 0.25) is 0 Å². The van der Waals surface area contributed by atoms with Crippen LogP contribution >= 0.6 is 7.82 Å². The molecule has 0 amide bonds. The molecule has 51 heavy (non-hydrogen) atoms. The van der Waals surface area contributed by atoms with Gasteiger partial charge in [0.05, 0.1) is 6.61 Å². The van der Waals surface area contributed by atoms with Crippen molar-refractivity contribution in [1.29, 1.82) is 0 Å². The largest absolute Gasteiger partial charge is 0.469 e. The molecule has 0 radical (unpaired) electrons. The molecule has 0 aromatic carbocycles. The van der Waals surface area contributed by atoms with Crippen LogP contribution in [-0.2, 0) is 28.2 Å². The highest BCUT2D eigenvalue weighted by Crippen LogP contribution is 2.36. The van der Waals surface area contributed by atoms with Gasteiger partial charge < -0.3 is 19.3 Å². The Morgan fingerprint density at radius 3 is 1.41 bits per heavy atom. The van der Waals surface area contributed by atoms with Crippen LogP contribution in [0.5, 0.6) is 0 Å². The third-order valence-corrected chi connectivity index (χ3v) is 9.10. The Hall–Kier alpha value is -1.99. The van der Waals surface area contributed by atoms with E-state index in [2.05, 4.69) is 67.0 Å². The van der Waals surface area contributed by atoms with E-state index in [1.807, 2.05) is 0 Å². The van der Waals surface area contributed by atoms with Crippen molar-refractivity contribution in [1.82, 2.24) is 0 Å². The Morgan fingerprint density at radius 1 is 0.529 bits per heavy atom. The second kappa shape index (κ2) is 37.8. The maximum absolute atomic E-state index is 12.4. The first-order chi connectivity index (χ1) is 24.8. The Balaban J connectivity index is 3.96. The van der Waals surface area contributed by atoms with Gasteiger partial charge in [-0.3, -0.25) is 14.1 Å². The molecule has 8 nitrogen and oxygen atoms in total. The van der Waals surface area contributed by atoms with Crippen LogP contribution in [0.1, 0.15) is 187 Å². The molecule has 0 aromatic rings. The number of carbonyl (C=O) groups is 2. The number of ether oxygens (including phenoxy) is 2. The number of phosphoric ester groups is 1. The van der Waals surface area contributed by atoms with Crippen LogP contribution < -0.4 is 0 Å². The van der Waals surface area contributed by atoms with Gasteiger partial charge in [-0.2, -0.15) is 0 Å². The lowest BCUT2D eigenvalue weighted by Crippen LogP contribution is -2.29. The first kappa shape index (κ1) is 49.0. The van der Waals surface area contributed by atoms with Crippen LogP contribution in [0.15, 0.2) is 48.6 Å². The predicted octanol–water partition coefficient (Wildman–Crippen LogP) is 12.3. The Kier molecular flexibility index (Phi) is 36.3. The summed E-state index contributed by atoms with van der Waals surface area (Å²) >= 11 is 0. The standard InChI is InChI=1S/C42H75O8P/c1-3-5-7-9-11-13-15-17-19-20-21-23-24-26-28-30-32-34-36-41(43)48-38-40(39-49-51(45,46)47)50-42(44)37-35-33-31-29-27-25-22-18-16-14-12-10-8-6-4-2/h6,8,12,14,18,22,27,29,40H,3-5,7,9-11,13,15-17,19-21,23-26,28,30-39H2,1-2H3,(H2,45,46,47)/b8-6+,14-12+,22-18+,29-27+/t40-/m1/s1. The van der Waals surface area contributed by atoms with E-state index in [9.17, 15) is 14.2 Å². The lowest BCUT2D eigenvalue weighted by molar-refractivity contribution is -0.161. The molecule has 296 valence electrons. The molecule has 0 saturated heterocycles. The number of esters is 2. The average Bonchev–Trinajstić information content (AvgIpc) is 3.10. The first-order valence-electron chi connectivity index (χ1n) is 20.4. The fraction of sp³-hybridized carbons (Fsp3) is 0.762. The van der Waals surface area contributed by atoms with Crippen LogP contribution in [0.25, 0.3) is 0 Å². The minimum Gasteiger partial charge on any atom is -0.462 e. The van der Waals surface area contributed by atoms with Crippen molar-refractivity contribution in [3.8, 4) is 0 Å². The summed E-state index contributed by atoms with van der Waals surface area (Å²) < 4.78 is 26.3. The van der Waals surface area contributed by atoms with E-state index in [0.717, 1.165) is 57.8 Å². The minimum absolute atomic E-state index is 0.160. The van der Waals surface area contributed by atoms with E-state index in [1.165, 1.54) is 96.3 Å². The molecule has 0 aromatic heterocycles. The van der Waals surface area contributed by atoms with Crippen molar-refractivity contribution in [3.05, 3.63) is 48.6 Å². The van der Waals surface area contributed by atoms with E-state index < -0.39 is 32.5 Å². The van der Waals surface area contributed by atoms with Gasteiger partial charge in [-0.1, -0.05) is 172 Å². The van der Waals surface area contributed by atoms with Crippen LogP contribution in [0.3, 0.4) is 0 Å². The summed E-state index contributed by atoms with van der Waals surface area (Å²) in [6, 6.07) is 0. The van der Waals surface area contributed by atoms with E-state index >= 15 is 0 Å². The molecule has 1 atom stereocenters. The van der Waals surface area contributed by atoms with Crippen molar-refractivity contribution in [2.24, 2.45) is 0 Å². The predicted molar refractivity (Wildman–Crippen MR) is 211 cm³/mol. The summed E-state index contributed by atoms with van der Waals surface area (Å²) in [5.41, 5.74) is 0. The Labute approximate surface area is 312 Å². The summed E-state index contributed by atoms with van der Waals surface area (Å²) in [5, 5.41) is 0. The first-order valence-corrected chi connectivity index (χ1v) is 22.0. The topological polar surface area (TPSA) is 119 Å². The maximum atomic E-state index is 12.4. The SMILES string of the molecule is CC/C=C/C/C=C/C/C=C/C/C=C/CCCCC(=O)O[C@H](COC(=O)CCCCCCCCCCCCCCCCCCCC)COP(=O)(O)O. The van der Waals surface area contributed by atoms with Crippen LogP contribution in [0.4, 0.5) is 0 Å². The zero-order valence-electron chi connectivity index (χ0n) is 32.5. The van der Waals surface area contributed by atoms with Gasteiger partial charge in [-0.25, -0.2) is 4.57 Å². The fourth-order valence-corrected chi connectivity index (χ4v) is 5.96. The zero-order chi connectivity index (χ0) is 37.5. The summed E-state index contributed by atoms with van der Waals surface area (Å²) in [4.78, 5) is 42.8. The van der Waals surface area contributed by atoms with Gasteiger partial charge in [0, 0.05) is 12.8 Å². The monoisotopic (exact) mass is 739 g/mol. The van der Waals surface area contributed by atoms with E-state index in [0.29, 0.717) is 6.42 Å². The molecule has 0 aliphatic heterocycles. The molecule has 0 bridgehead atoms. The van der Waals surface area contributed by atoms with Crippen LogP contribution in [-0.4, -0.2) is 41.0 Å². The van der Waals surface area contributed by atoms with Gasteiger partial charge in [0.1, 0.15) is 6.61 Å². The molecule has 9 heteroatoms. The number of carbonyl (C=O) groups excluding carboxylic acids is 2. The summed E-state index contributed by atoms with van der Waals surface area (Å²) in [5.74, 6) is -0.930. The molecule has 0 spiro atoms. The molecular formula is C42H75O8P. The van der Waals surface area contributed by atoms with Gasteiger partial charge in [0.25, 0.3) is 0 Å². The van der Waals surface area contributed by atoms with Crippen molar-refractivity contribution in [2.75, 3.05) is 13.2 Å². The number of phosphoric acid groups is 1. The number of rotatable bonds is 37. The minimum atomic E-state index is -4.76. The average molecular weight is 739 g/mol. The second-order valence-electron chi connectivity index (χ2n) is 13.6. The van der Waals surface area contributed by atoms with Gasteiger partial charge in [-0.05, 0) is 51.4 Å². The second-order valence-corrected chi connectivity index (χ2v) is 14.8. The number of hydrogen-bond donors (Lipinski definition) is 2. The summed E-state index contributed by atoms with van der Waals surface area (Å²) in [6.45, 7) is 3.54. The molecule has 0 fully saturated rings. The Bertz CT molecular complexity index is 968. The zero-order valence-corrected chi connectivity index (χ0v) is 33.4. The Morgan fingerprint density at radius 2 is 0.941 bits per heavy atom. The number of allylic oxidation sites excluding steroid dienone is 8. The van der Waals surface area contributed by atoms with Gasteiger partial charge in [0.15, 0.2) is 6.10 Å². The summed E-state index contributed by atoms with van der Waals surface area (Å²) in [7, 11) is -4.76. The fourth-order valence-electron chi connectivity index (χ4n) is 5.60. The van der Waals surface area contributed by atoms with Crippen molar-refractivity contribution in [2.45, 2.75) is 193 Å². The van der Waals surface area contributed by atoms with E-state index in [4.69, 9.17) is 19.3 Å². The molecule has 0 rings (SSSR count). The molecule has 0 heterocycles. The van der Waals surface area contributed by atoms with Gasteiger partial charge in [0.2, 0.25) is 0 Å². The quantitative estimate of drug-likeness (QED) is 0.0280. The lowest BCUT2D eigenvalue weighted by atomic mass is 10.0.